The fourth-order valence-electron chi connectivity index (χ4n) is 1.75. The molecule has 1 saturated heterocycles. The summed E-state index contributed by atoms with van der Waals surface area (Å²) in [5.74, 6) is -0.242. The average molecular weight is 328 g/mol. The van der Waals surface area contributed by atoms with Gasteiger partial charge in [0, 0.05) is 12.8 Å². The Morgan fingerprint density at radius 3 is 2.38 bits per heavy atom. The van der Waals surface area contributed by atoms with Crippen LogP contribution in [0.4, 0.5) is 18.0 Å². The van der Waals surface area contributed by atoms with E-state index in [9.17, 15) is 22.8 Å². The molecule has 0 N–H and O–H groups in total. The van der Waals surface area contributed by atoms with E-state index in [1.54, 1.807) is 20.8 Å². The molecule has 0 saturated carbocycles. The van der Waals surface area contributed by atoms with Crippen molar-refractivity contribution in [1.82, 2.24) is 9.80 Å². The molecule has 1 fully saturated rings. The Labute approximate surface area is 125 Å². The second kappa shape index (κ2) is 6.33. The minimum Gasteiger partial charge on any atom is -0.444 e. The summed E-state index contributed by atoms with van der Waals surface area (Å²) in [5, 5.41) is 0. The highest BCUT2D eigenvalue weighted by molar-refractivity contribution is 7.99. The van der Waals surface area contributed by atoms with Crippen molar-refractivity contribution in [2.45, 2.75) is 38.6 Å². The number of alkyl halides is 3. The predicted molar refractivity (Wildman–Crippen MR) is 72.9 cm³/mol. The van der Waals surface area contributed by atoms with Gasteiger partial charge in [0.05, 0.1) is 5.88 Å². The van der Waals surface area contributed by atoms with Crippen molar-refractivity contribution < 1.29 is 27.5 Å². The minimum atomic E-state index is -4.47. The molecule has 1 heterocycles. The van der Waals surface area contributed by atoms with E-state index in [1.807, 2.05) is 0 Å². The number of ether oxygens (including phenoxy) is 1. The van der Waals surface area contributed by atoms with Gasteiger partial charge in [-0.05, 0) is 20.8 Å². The van der Waals surface area contributed by atoms with Crippen molar-refractivity contribution in [3.63, 3.8) is 0 Å². The van der Waals surface area contributed by atoms with Crippen LogP contribution < -0.4 is 0 Å². The fraction of sp³-hybridized carbons (Fsp3) is 0.833. The summed E-state index contributed by atoms with van der Waals surface area (Å²) in [6.45, 7) is 3.71. The molecule has 0 aromatic rings. The van der Waals surface area contributed by atoms with Crippen LogP contribution in [-0.2, 0) is 9.53 Å². The summed E-state index contributed by atoms with van der Waals surface area (Å²) in [6, 6.07) is -0.919. The first-order valence-corrected chi connectivity index (χ1v) is 7.45. The molecule has 0 radical (unpaired) electrons. The highest BCUT2D eigenvalue weighted by atomic mass is 32.2. The zero-order chi connectivity index (χ0) is 16.4. The van der Waals surface area contributed by atoms with Gasteiger partial charge in [-0.15, -0.1) is 11.8 Å². The summed E-state index contributed by atoms with van der Waals surface area (Å²) >= 11 is 1.30. The fourth-order valence-corrected chi connectivity index (χ4v) is 2.88. The number of carbonyl (C=O) groups excluding carboxylic acids is 2. The second-order valence-electron chi connectivity index (χ2n) is 5.78. The number of hydrogen-bond donors (Lipinski definition) is 0. The van der Waals surface area contributed by atoms with E-state index in [0.717, 1.165) is 7.05 Å². The number of halogens is 3. The summed E-state index contributed by atoms with van der Waals surface area (Å²) in [5.41, 5.74) is -0.726. The molecule has 0 aliphatic carbocycles. The highest BCUT2D eigenvalue weighted by Gasteiger charge is 2.40. The maximum absolute atomic E-state index is 12.3. The van der Waals surface area contributed by atoms with Crippen LogP contribution in [0, 0.1) is 0 Å². The van der Waals surface area contributed by atoms with Gasteiger partial charge < -0.3 is 9.64 Å². The van der Waals surface area contributed by atoms with Crippen molar-refractivity contribution >= 4 is 23.8 Å². The van der Waals surface area contributed by atoms with Gasteiger partial charge in [0.1, 0.15) is 18.2 Å². The first kappa shape index (κ1) is 17.9. The Balaban J connectivity index is 2.72. The van der Waals surface area contributed by atoms with Crippen LogP contribution in [0.2, 0.25) is 0 Å². The molecule has 122 valence electrons. The molecule has 1 aliphatic heterocycles. The molecule has 1 aliphatic rings. The summed E-state index contributed by atoms with van der Waals surface area (Å²) < 4.78 is 42.1. The largest absolute Gasteiger partial charge is 0.444 e. The molecule has 0 unspecified atom stereocenters. The van der Waals surface area contributed by atoms with Crippen molar-refractivity contribution in [2.24, 2.45) is 0 Å². The second-order valence-corrected chi connectivity index (χ2v) is 6.78. The molecule has 5 nitrogen and oxygen atoms in total. The number of likely N-dealkylation sites (N-methyl/N-ethyl adjacent to an activating group) is 1. The number of rotatable bonds is 2. The average Bonchev–Trinajstić information content (AvgIpc) is 2.71. The standard InChI is InChI=1S/C12H19F3N2O3S/c1-11(2,3)20-10(19)17-7-21-5-8(17)9(18)16(4)6-12(13,14)15/h8H,5-7H2,1-4H3/t8-/m0/s1. The van der Waals surface area contributed by atoms with Gasteiger partial charge in [-0.2, -0.15) is 13.2 Å². The van der Waals surface area contributed by atoms with Crippen molar-refractivity contribution in [3.05, 3.63) is 0 Å². The molecule has 1 rings (SSSR count). The first-order valence-electron chi connectivity index (χ1n) is 6.30. The Hall–Kier alpha value is -1.12. The van der Waals surface area contributed by atoms with Gasteiger partial charge in [0.15, 0.2) is 0 Å². The highest BCUT2D eigenvalue weighted by Crippen LogP contribution is 2.25. The smallest absolute Gasteiger partial charge is 0.411 e. The van der Waals surface area contributed by atoms with E-state index in [1.165, 1.54) is 16.7 Å². The van der Waals surface area contributed by atoms with Crippen LogP contribution in [0.25, 0.3) is 0 Å². The third-order valence-electron chi connectivity index (χ3n) is 2.59. The van der Waals surface area contributed by atoms with E-state index >= 15 is 0 Å². The third-order valence-corrected chi connectivity index (χ3v) is 3.60. The molecule has 0 bridgehead atoms. The van der Waals surface area contributed by atoms with Gasteiger partial charge >= 0.3 is 12.3 Å². The van der Waals surface area contributed by atoms with E-state index in [2.05, 4.69) is 0 Å². The molecule has 9 heteroatoms. The van der Waals surface area contributed by atoms with Gasteiger partial charge in [-0.25, -0.2) is 4.79 Å². The predicted octanol–water partition coefficient (Wildman–Crippen LogP) is 2.32. The molecular formula is C12H19F3N2O3S. The molecule has 21 heavy (non-hydrogen) atoms. The topological polar surface area (TPSA) is 49.9 Å². The number of nitrogens with zero attached hydrogens (tertiary/aromatic N) is 2. The number of thioether (sulfide) groups is 1. The summed E-state index contributed by atoms with van der Waals surface area (Å²) in [4.78, 5) is 25.8. The quantitative estimate of drug-likeness (QED) is 0.781. The van der Waals surface area contributed by atoms with E-state index < -0.39 is 36.4 Å². The Kier molecular flexibility index (Phi) is 5.40. The third kappa shape index (κ3) is 5.64. The van der Waals surface area contributed by atoms with Crippen LogP contribution in [0.15, 0.2) is 0 Å². The zero-order valence-electron chi connectivity index (χ0n) is 12.4. The summed E-state index contributed by atoms with van der Waals surface area (Å²) in [7, 11) is 1.08. The molecule has 1 atom stereocenters. The number of amides is 2. The van der Waals surface area contributed by atoms with Crippen molar-refractivity contribution in [1.29, 1.82) is 0 Å². The van der Waals surface area contributed by atoms with Crippen LogP contribution in [0.3, 0.4) is 0 Å². The number of carbonyl (C=O) groups is 2. The van der Waals surface area contributed by atoms with Crippen molar-refractivity contribution in [2.75, 3.05) is 25.2 Å². The van der Waals surface area contributed by atoms with E-state index in [-0.39, 0.29) is 11.6 Å². The maximum Gasteiger partial charge on any atom is 0.411 e. The van der Waals surface area contributed by atoms with Crippen LogP contribution >= 0.6 is 11.8 Å². The first-order chi connectivity index (χ1) is 9.41. The van der Waals surface area contributed by atoms with Crippen molar-refractivity contribution in [3.8, 4) is 0 Å². The maximum atomic E-state index is 12.3. The summed E-state index contributed by atoms with van der Waals surface area (Å²) in [6.07, 6.45) is -5.15. The molecule has 0 aromatic heterocycles. The lowest BCUT2D eigenvalue weighted by Crippen LogP contribution is -2.50. The normalized spacial score (nSPS) is 19.6. The minimum absolute atomic E-state index is 0.227. The Bertz CT molecular complexity index is 410. The van der Waals surface area contributed by atoms with Gasteiger partial charge in [0.25, 0.3) is 0 Å². The monoisotopic (exact) mass is 328 g/mol. The molecule has 2 amide bonds. The lowest BCUT2D eigenvalue weighted by Gasteiger charge is -2.29. The number of hydrogen-bond acceptors (Lipinski definition) is 4. The molecule has 0 spiro atoms. The van der Waals surface area contributed by atoms with Crippen LogP contribution in [0.5, 0.6) is 0 Å². The molecular weight excluding hydrogens is 309 g/mol. The van der Waals surface area contributed by atoms with Gasteiger partial charge in [-0.1, -0.05) is 0 Å². The lowest BCUT2D eigenvalue weighted by molar-refractivity contribution is -0.160. The van der Waals surface area contributed by atoms with Gasteiger partial charge in [0.2, 0.25) is 5.91 Å². The van der Waals surface area contributed by atoms with Gasteiger partial charge in [-0.3, -0.25) is 9.69 Å². The Morgan fingerprint density at radius 1 is 1.33 bits per heavy atom. The van der Waals surface area contributed by atoms with Crippen LogP contribution in [0.1, 0.15) is 20.8 Å². The Morgan fingerprint density at radius 2 is 1.90 bits per heavy atom. The zero-order valence-corrected chi connectivity index (χ0v) is 13.2. The van der Waals surface area contributed by atoms with Crippen LogP contribution in [-0.4, -0.2) is 64.8 Å². The van der Waals surface area contributed by atoms with E-state index in [0.29, 0.717) is 4.90 Å². The SMILES string of the molecule is CN(CC(F)(F)F)C(=O)[C@@H]1CSCN1C(=O)OC(C)(C)C. The molecule has 0 aromatic carbocycles. The lowest BCUT2D eigenvalue weighted by atomic mass is 10.2. The van der Waals surface area contributed by atoms with E-state index in [4.69, 9.17) is 4.74 Å².